The molecule has 106 valence electrons. The third-order valence-electron chi connectivity index (χ3n) is 2.40. The number of rotatable bonds is 7. The van der Waals surface area contributed by atoms with Crippen LogP contribution in [-0.2, 0) is 14.3 Å². The molecule has 0 aliphatic carbocycles. The maximum absolute atomic E-state index is 11.7. The van der Waals surface area contributed by atoms with Gasteiger partial charge in [-0.2, -0.15) is 0 Å². The van der Waals surface area contributed by atoms with Crippen LogP contribution < -0.4 is 15.8 Å². The van der Waals surface area contributed by atoms with Crippen molar-refractivity contribution in [2.75, 3.05) is 38.5 Å². The summed E-state index contributed by atoms with van der Waals surface area (Å²) < 4.78 is 15.4. The molecule has 0 saturated heterocycles. The van der Waals surface area contributed by atoms with Crippen molar-refractivity contribution in [1.29, 1.82) is 0 Å². The van der Waals surface area contributed by atoms with E-state index in [1.165, 1.54) is 7.11 Å². The van der Waals surface area contributed by atoms with Gasteiger partial charge in [-0.05, 0) is 25.1 Å². The van der Waals surface area contributed by atoms with Gasteiger partial charge in [-0.3, -0.25) is 4.79 Å². The molecule has 3 N–H and O–H groups in total. The Morgan fingerprint density at radius 3 is 2.79 bits per heavy atom. The zero-order chi connectivity index (χ0) is 14.3. The van der Waals surface area contributed by atoms with Crippen LogP contribution in [0.3, 0.4) is 0 Å². The van der Waals surface area contributed by atoms with Gasteiger partial charge in [0, 0.05) is 12.8 Å². The molecule has 0 aliphatic rings. The number of methoxy groups -OCH3 is 2. The predicted octanol–water partition coefficient (Wildman–Crippen LogP) is 1.27. The first-order chi connectivity index (χ1) is 9.06. The second-order valence-electron chi connectivity index (χ2n) is 4.08. The van der Waals surface area contributed by atoms with E-state index in [1.54, 1.807) is 25.3 Å². The van der Waals surface area contributed by atoms with Crippen LogP contribution in [-0.4, -0.2) is 39.4 Å². The molecule has 0 saturated carbocycles. The fraction of sp³-hybridized carbons (Fsp3) is 0.462. The van der Waals surface area contributed by atoms with Gasteiger partial charge in [0.2, 0.25) is 5.91 Å². The molecular formula is C13H20N2O4. The smallest absolute Gasteiger partial charge is 0.250 e. The minimum absolute atomic E-state index is 0.0531. The highest BCUT2D eigenvalue weighted by molar-refractivity contribution is 5.93. The molecule has 0 bridgehead atoms. The maximum atomic E-state index is 11.7. The third-order valence-corrected chi connectivity index (χ3v) is 2.40. The Bertz CT molecular complexity index is 423. The summed E-state index contributed by atoms with van der Waals surface area (Å²) in [5.41, 5.74) is 6.73. The second-order valence-corrected chi connectivity index (χ2v) is 4.08. The number of carbonyl (C=O) groups excluding carboxylic acids is 1. The van der Waals surface area contributed by atoms with Crippen LogP contribution in [0.25, 0.3) is 0 Å². The molecule has 6 nitrogen and oxygen atoms in total. The summed E-state index contributed by atoms with van der Waals surface area (Å²) in [6, 6.07) is 5.03. The van der Waals surface area contributed by atoms with Crippen LogP contribution >= 0.6 is 0 Å². The molecule has 1 aromatic carbocycles. The Morgan fingerprint density at radius 2 is 2.16 bits per heavy atom. The molecule has 1 unspecified atom stereocenters. The predicted molar refractivity (Wildman–Crippen MR) is 73.3 cm³/mol. The maximum Gasteiger partial charge on any atom is 0.250 e. The van der Waals surface area contributed by atoms with Gasteiger partial charge in [-0.1, -0.05) is 0 Å². The number of nitrogens with one attached hydrogen (secondary N) is 1. The number of amides is 1. The van der Waals surface area contributed by atoms with E-state index in [1.807, 2.05) is 6.92 Å². The molecule has 1 atom stereocenters. The largest absolute Gasteiger partial charge is 0.495 e. The quantitative estimate of drug-likeness (QED) is 0.728. The number of nitrogen functional groups attached to an aromatic ring is 1. The minimum atomic E-state index is -0.271. The fourth-order valence-corrected chi connectivity index (χ4v) is 1.51. The Labute approximate surface area is 112 Å². The van der Waals surface area contributed by atoms with E-state index in [0.29, 0.717) is 23.7 Å². The highest BCUT2D eigenvalue weighted by atomic mass is 16.5. The molecule has 1 aromatic rings. The van der Waals surface area contributed by atoms with Crippen LogP contribution in [0.1, 0.15) is 6.92 Å². The molecule has 0 aromatic heterocycles. The number of hydrogen-bond acceptors (Lipinski definition) is 5. The van der Waals surface area contributed by atoms with Gasteiger partial charge in [0.25, 0.3) is 0 Å². The van der Waals surface area contributed by atoms with Crippen LogP contribution in [0, 0.1) is 0 Å². The number of ether oxygens (including phenoxy) is 3. The lowest BCUT2D eigenvalue weighted by Crippen LogP contribution is -2.24. The van der Waals surface area contributed by atoms with Gasteiger partial charge >= 0.3 is 0 Å². The lowest BCUT2D eigenvalue weighted by molar-refractivity contribution is -0.123. The molecule has 0 spiro atoms. The number of benzene rings is 1. The van der Waals surface area contributed by atoms with Crippen LogP contribution in [0.4, 0.5) is 11.4 Å². The first-order valence-electron chi connectivity index (χ1n) is 5.90. The van der Waals surface area contributed by atoms with Gasteiger partial charge in [0.1, 0.15) is 12.4 Å². The van der Waals surface area contributed by atoms with Crippen molar-refractivity contribution in [3.8, 4) is 5.75 Å². The summed E-state index contributed by atoms with van der Waals surface area (Å²) in [6.07, 6.45) is -0.140. The molecular weight excluding hydrogens is 248 g/mol. The lowest BCUT2D eigenvalue weighted by atomic mass is 10.2. The van der Waals surface area contributed by atoms with Gasteiger partial charge in [0.15, 0.2) is 0 Å². The Balaban J connectivity index is 2.54. The number of hydrogen-bond donors (Lipinski definition) is 2. The van der Waals surface area contributed by atoms with Gasteiger partial charge in [-0.15, -0.1) is 0 Å². The Kier molecular flexibility index (Phi) is 6.11. The van der Waals surface area contributed by atoms with Crippen LogP contribution in [0.2, 0.25) is 0 Å². The second kappa shape index (κ2) is 7.60. The highest BCUT2D eigenvalue weighted by Crippen LogP contribution is 2.26. The zero-order valence-corrected chi connectivity index (χ0v) is 11.4. The fourth-order valence-electron chi connectivity index (χ4n) is 1.51. The molecule has 1 amide bonds. The highest BCUT2D eigenvalue weighted by Gasteiger charge is 2.10. The SMILES string of the molecule is COCC(C)OCC(=O)Nc1cc(N)ccc1OC. The number of carbonyl (C=O) groups is 1. The summed E-state index contributed by atoms with van der Waals surface area (Å²) in [4.78, 5) is 11.7. The molecule has 0 fully saturated rings. The van der Waals surface area contributed by atoms with Crippen molar-refractivity contribution in [2.45, 2.75) is 13.0 Å². The van der Waals surface area contributed by atoms with Crippen molar-refractivity contribution in [3.63, 3.8) is 0 Å². The van der Waals surface area contributed by atoms with Gasteiger partial charge < -0.3 is 25.3 Å². The van der Waals surface area contributed by atoms with E-state index in [9.17, 15) is 4.79 Å². The van der Waals surface area contributed by atoms with E-state index in [0.717, 1.165) is 0 Å². The van der Waals surface area contributed by atoms with Crippen LogP contribution in [0.15, 0.2) is 18.2 Å². The lowest BCUT2D eigenvalue weighted by Gasteiger charge is -2.13. The topological polar surface area (TPSA) is 82.8 Å². The average Bonchev–Trinajstić information content (AvgIpc) is 2.37. The first kappa shape index (κ1) is 15.3. The van der Waals surface area contributed by atoms with Crippen molar-refractivity contribution in [3.05, 3.63) is 18.2 Å². The van der Waals surface area contributed by atoms with E-state index in [-0.39, 0.29) is 18.6 Å². The monoisotopic (exact) mass is 268 g/mol. The average molecular weight is 268 g/mol. The van der Waals surface area contributed by atoms with Gasteiger partial charge in [-0.25, -0.2) is 0 Å². The zero-order valence-electron chi connectivity index (χ0n) is 11.4. The first-order valence-corrected chi connectivity index (χ1v) is 5.90. The number of anilines is 2. The summed E-state index contributed by atoms with van der Waals surface area (Å²) >= 11 is 0. The minimum Gasteiger partial charge on any atom is -0.495 e. The van der Waals surface area contributed by atoms with Crippen LogP contribution in [0.5, 0.6) is 5.75 Å². The summed E-state index contributed by atoms with van der Waals surface area (Å²) in [5.74, 6) is 0.277. The summed E-state index contributed by atoms with van der Waals surface area (Å²) in [7, 11) is 3.11. The normalized spacial score (nSPS) is 11.9. The van der Waals surface area contributed by atoms with E-state index < -0.39 is 0 Å². The molecule has 1 rings (SSSR count). The van der Waals surface area contributed by atoms with Gasteiger partial charge in [0.05, 0.1) is 25.5 Å². The Hall–Kier alpha value is -1.79. The third kappa shape index (κ3) is 5.15. The van der Waals surface area contributed by atoms with E-state index >= 15 is 0 Å². The van der Waals surface area contributed by atoms with Crippen molar-refractivity contribution < 1.29 is 19.0 Å². The summed E-state index contributed by atoms with van der Waals surface area (Å²) in [6.45, 7) is 2.22. The Morgan fingerprint density at radius 1 is 1.42 bits per heavy atom. The molecule has 6 heteroatoms. The molecule has 0 radical (unpaired) electrons. The van der Waals surface area contributed by atoms with E-state index in [2.05, 4.69) is 5.32 Å². The van der Waals surface area contributed by atoms with Crippen molar-refractivity contribution >= 4 is 17.3 Å². The standard InChI is InChI=1S/C13H20N2O4/c1-9(7-17-2)19-8-13(16)15-11-6-10(14)4-5-12(11)18-3/h4-6,9H,7-8,14H2,1-3H3,(H,15,16). The summed E-state index contributed by atoms with van der Waals surface area (Å²) in [5, 5.41) is 2.69. The van der Waals surface area contributed by atoms with E-state index in [4.69, 9.17) is 19.9 Å². The number of nitrogens with two attached hydrogens (primary N) is 1. The van der Waals surface area contributed by atoms with Crippen molar-refractivity contribution in [2.24, 2.45) is 0 Å². The van der Waals surface area contributed by atoms with Crippen molar-refractivity contribution in [1.82, 2.24) is 0 Å². The molecule has 0 aliphatic heterocycles. The molecule has 19 heavy (non-hydrogen) atoms. The molecule has 0 heterocycles.